The molecule has 0 aliphatic heterocycles. The zero-order valence-electron chi connectivity index (χ0n) is 14.5. The van der Waals surface area contributed by atoms with E-state index in [0.717, 1.165) is 22.6 Å². The molecule has 130 valence electrons. The average Bonchev–Trinajstić information content (AvgIpc) is 2.65. The fourth-order valence-corrected chi connectivity index (χ4v) is 2.82. The van der Waals surface area contributed by atoms with Gasteiger partial charge in [-0.15, -0.1) is 0 Å². The van der Waals surface area contributed by atoms with E-state index in [1.807, 2.05) is 36.4 Å². The molecular weight excluding hydrogens is 308 g/mol. The lowest BCUT2D eigenvalue weighted by atomic mass is 9.87. The van der Waals surface area contributed by atoms with Crippen LogP contribution in [0.25, 0.3) is 0 Å². The van der Waals surface area contributed by atoms with E-state index in [2.05, 4.69) is 0 Å². The Morgan fingerprint density at radius 2 is 1.21 bits per heavy atom. The molecule has 2 rings (SSSR count). The highest BCUT2D eigenvalue weighted by molar-refractivity contribution is 5.51. The molecule has 0 spiro atoms. The van der Waals surface area contributed by atoms with Gasteiger partial charge in [-0.2, -0.15) is 0 Å². The van der Waals surface area contributed by atoms with Crippen molar-refractivity contribution in [3.8, 4) is 23.0 Å². The Hall–Kier alpha value is -2.40. The van der Waals surface area contributed by atoms with Crippen LogP contribution in [0.4, 0.5) is 0 Å². The van der Waals surface area contributed by atoms with Crippen LogP contribution in [-0.4, -0.2) is 40.2 Å². The summed E-state index contributed by atoms with van der Waals surface area (Å²) >= 11 is 0. The van der Waals surface area contributed by atoms with Crippen LogP contribution >= 0.6 is 0 Å². The van der Waals surface area contributed by atoms with Crippen LogP contribution in [0.1, 0.15) is 23.5 Å². The normalized spacial score (nSPS) is 10.6. The van der Waals surface area contributed by atoms with Gasteiger partial charge in [0.15, 0.2) is 0 Å². The van der Waals surface area contributed by atoms with E-state index in [-0.39, 0.29) is 12.5 Å². The Kier molecular flexibility index (Phi) is 6.32. The van der Waals surface area contributed by atoms with Crippen molar-refractivity contribution in [2.45, 2.75) is 12.3 Å². The molecule has 0 amide bonds. The molecule has 0 saturated heterocycles. The molecule has 1 N–H and O–H groups in total. The van der Waals surface area contributed by atoms with Gasteiger partial charge in [0.2, 0.25) is 0 Å². The molecule has 0 unspecified atom stereocenters. The summed E-state index contributed by atoms with van der Waals surface area (Å²) in [4.78, 5) is 0. The number of aliphatic hydroxyl groups is 1. The van der Waals surface area contributed by atoms with E-state index in [0.29, 0.717) is 17.9 Å². The highest BCUT2D eigenvalue weighted by Gasteiger charge is 2.22. The van der Waals surface area contributed by atoms with Gasteiger partial charge in [0.25, 0.3) is 0 Å². The molecule has 0 saturated carbocycles. The lowest BCUT2D eigenvalue weighted by molar-refractivity contribution is 0.279. The van der Waals surface area contributed by atoms with Crippen molar-refractivity contribution in [3.05, 3.63) is 47.5 Å². The maximum atomic E-state index is 9.56. The molecule has 2 aromatic carbocycles. The van der Waals surface area contributed by atoms with Crippen molar-refractivity contribution in [3.63, 3.8) is 0 Å². The number of aliphatic hydroxyl groups excluding tert-OH is 1. The van der Waals surface area contributed by atoms with Gasteiger partial charge >= 0.3 is 0 Å². The SMILES string of the molecule is COc1ccc(C(CCO)c2ccc(OC)cc2OC)c(OC)c1. The third-order valence-corrected chi connectivity index (χ3v) is 4.05. The van der Waals surface area contributed by atoms with Crippen LogP contribution in [0.15, 0.2) is 36.4 Å². The Morgan fingerprint density at radius 3 is 1.54 bits per heavy atom. The Morgan fingerprint density at radius 1 is 0.750 bits per heavy atom. The van der Waals surface area contributed by atoms with Crippen LogP contribution in [-0.2, 0) is 0 Å². The molecule has 5 heteroatoms. The van der Waals surface area contributed by atoms with Crippen LogP contribution in [0.3, 0.4) is 0 Å². The monoisotopic (exact) mass is 332 g/mol. The van der Waals surface area contributed by atoms with Gasteiger partial charge in [-0.3, -0.25) is 0 Å². The molecule has 0 aliphatic rings. The van der Waals surface area contributed by atoms with E-state index in [4.69, 9.17) is 18.9 Å². The van der Waals surface area contributed by atoms with E-state index in [9.17, 15) is 5.11 Å². The van der Waals surface area contributed by atoms with Gasteiger partial charge in [0.05, 0.1) is 28.4 Å². The first-order valence-corrected chi connectivity index (χ1v) is 7.73. The molecule has 0 heterocycles. The van der Waals surface area contributed by atoms with E-state index < -0.39 is 0 Å². The molecule has 0 fully saturated rings. The first kappa shape index (κ1) is 17.9. The van der Waals surface area contributed by atoms with Gasteiger partial charge < -0.3 is 24.1 Å². The molecule has 0 aliphatic carbocycles. The van der Waals surface area contributed by atoms with Gasteiger partial charge in [0.1, 0.15) is 23.0 Å². The Bertz CT molecular complexity index is 613. The third kappa shape index (κ3) is 3.74. The molecule has 2 aromatic rings. The van der Waals surface area contributed by atoms with Gasteiger partial charge in [0, 0.05) is 35.8 Å². The molecule has 0 radical (unpaired) electrons. The predicted octanol–water partition coefficient (Wildman–Crippen LogP) is 3.24. The molecule has 5 nitrogen and oxygen atoms in total. The van der Waals surface area contributed by atoms with Crippen molar-refractivity contribution in [2.24, 2.45) is 0 Å². The van der Waals surface area contributed by atoms with Crippen molar-refractivity contribution in [2.75, 3.05) is 35.0 Å². The summed E-state index contributed by atoms with van der Waals surface area (Å²) in [5.74, 6) is 2.80. The number of methoxy groups -OCH3 is 4. The topological polar surface area (TPSA) is 57.2 Å². The standard InChI is InChI=1S/C19H24O5/c1-21-13-5-7-16(18(11-13)23-3)15(9-10-20)17-8-6-14(22-2)12-19(17)24-4/h5-8,11-12,15,20H,9-10H2,1-4H3. The average molecular weight is 332 g/mol. The summed E-state index contributed by atoms with van der Waals surface area (Å²) < 4.78 is 21.6. The minimum Gasteiger partial charge on any atom is -0.497 e. The van der Waals surface area contributed by atoms with Crippen molar-refractivity contribution in [1.29, 1.82) is 0 Å². The summed E-state index contributed by atoms with van der Waals surface area (Å²) in [5.41, 5.74) is 1.94. The number of hydrogen-bond acceptors (Lipinski definition) is 5. The van der Waals surface area contributed by atoms with Gasteiger partial charge in [-0.25, -0.2) is 0 Å². The van der Waals surface area contributed by atoms with E-state index in [1.165, 1.54) is 0 Å². The van der Waals surface area contributed by atoms with Crippen molar-refractivity contribution >= 4 is 0 Å². The quantitative estimate of drug-likeness (QED) is 0.804. The largest absolute Gasteiger partial charge is 0.497 e. The highest BCUT2D eigenvalue weighted by Crippen LogP contribution is 2.41. The van der Waals surface area contributed by atoms with Crippen molar-refractivity contribution in [1.82, 2.24) is 0 Å². The second kappa shape index (κ2) is 8.45. The van der Waals surface area contributed by atoms with Gasteiger partial charge in [-0.05, 0) is 18.6 Å². The zero-order valence-corrected chi connectivity index (χ0v) is 14.5. The smallest absolute Gasteiger partial charge is 0.126 e. The number of ether oxygens (including phenoxy) is 4. The molecule has 0 bridgehead atoms. The van der Waals surface area contributed by atoms with Crippen LogP contribution in [0, 0.1) is 0 Å². The third-order valence-electron chi connectivity index (χ3n) is 4.05. The minimum atomic E-state index is -0.0725. The molecule has 24 heavy (non-hydrogen) atoms. The van der Waals surface area contributed by atoms with E-state index >= 15 is 0 Å². The highest BCUT2D eigenvalue weighted by atomic mass is 16.5. The van der Waals surface area contributed by atoms with Crippen LogP contribution in [0.2, 0.25) is 0 Å². The van der Waals surface area contributed by atoms with Gasteiger partial charge in [-0.1, -0.05) is 12.1 Å². The number of rotatable bonds is 8. The lowest BCUT2D eigenvalue weighted by Crippen LogP contribution is -2.08. The minimum absolute atomic E-state index is 0.0506. The second-order valence-corrected chi connectivity index (χ2v) is 5.28. The fraction of sp³-hybridized carbons (Fsp3) is 0.368. The summed E-state index contributed by atoms with van der Waals surface area (Å²) in [6.45, 7) is 0.0506. The predicted molar refractivity (Wildman–Crippen MR) is 92.6 cm³/mol. The van der Waals surface area contributed by atoms with E-state index in [1.54, 1.807) is 28.4 Å². The maximum Gasteiger partial charge on any atom is 0.126 e. The Labute approximate surface area is 142 Å². The number of hydrogen-bond donors (Lipinski definition) is 1. The fourth-order valence-electron chi connectivity index (χ4n) is 2.82. The van der Waals surface area contributed by atoms with Crippen molar-refractivity contribution < 1.29 is 24.1 Å². The summed E-state index contributed by atoms with van der Waals surface area (Å²) in [6, 6.07) is 11.4. The molecular formula is C19H24O5. The maximum absolute atomic E-state index is 9.56. The first-order chi connectivity index (χ1) is 11.7. The Balaban J connectivity index is 2.54. The van der Waals surface area contributed by atoms with Crippen LogP contribution in [0.5, 0.6) is 23.0 Å². The summed E-state index contributed by atoms with van der Waals surface area (Å²) in [7, 11) is 6.48. The molecule has 0 aromatic heterocycles. The first-order valence-electron chi connectivity index (χ1n) is 7.73. The lowest BCUT2D eigenvalue weighted by Gasteiger charge is -2.22. The second-order valence-electron chi connectivity index (χ2n) is 5.28. The summed E-state index contributed by atoms with van der Waals surface area (Å²) in [5, 5.41) is 9.56. The molecule has 0 atom stereocenters. The van der Waals surface area contributed by atoms with Crippen LogP contribution < -0.4 is 18.9 Å². The summed E-state index contributed by atoms with van der Waals surface area (Å²) in [6.07, 6.45) is 0.547. The zero-order chi connectivity index (χ0) is 17.5. The number of benzene rings is 2.